The van der Waals surface area contributed by atoms with Gasteiger partial charge in [0.15, 0.2) is 0 Å². The van der Waals surface area contributed by atoms with Gasteiger partial charge in [-0.15, -0.1) is 0 Å². The molecule has 192 valence electrons. The van der Waals surface area contributed by atoms with Gasteiger partial charge in [-0.25, -0.2) is 0 Å². The molecule has 2 saturated heterocycles. The van der Waals surface area contributed by atoms with Crippen molar-refractivity contribution in [2.45, 2.75) is 43.6 Å². The van der Waals surface area contributed by atoms with Gasteiger partial charge in [-0.1, -0.05) is 42.5 Å². The van der Waals surface area contributed by atoms with Crippen LogP contribution < -0.4 is 5.32 Å². The van der Waals surface area contributed by atoms with E-state index in [1.165, 1.54) is 0 Å². The third kappa shape index (κ3) is 6.22. The van der Waals surface area contributed by atoms with Gasteiger partial charge < -0.3 is 24.8 Å². The summed E-state index contributed by atoms with van der Waals surface area (Å²) >= 11 is 0. The van der Waals surface area contributed by atoms with Crippen LogP contribution in [0.5, 0.6) is 0 Å². The van der Waals surface area contributed by atoms with Crippen LogP contribution in [0.2, 0.25) is 0 Å². The van der Waals surface area contributed by atoms with E-state index in [0.717, 1.165) is 16.8 Å². The molecule has 0 radical (unpaired) electrons. The first-order chi connectivity index (χ1) is 18.1. The van der Waals surface area contributed by atoms with Crippen molar-refractivity contribution in [3.63, 3.8) is 0 Å². The second-order valence-corrected chi connectivity index (χ2v) is 9.52. The van der Waals surface area contributed by atoms with Crippen molar-refractivity contribution in [3.05, 3.63) is 84.7 Å². The van der Waals surface area contributed by atoms with Crippen LogP contribution in [-0.4, -0.2) is 70.9 Å². The molecule has 3 heterocycles. The molecule has 37 heavy (non-hydrogen) atoms. The van der Waals surface area contributed by atoms with Gasteiger partial charge in [0.05, 0.1) is 37.9 Å². The summed E-state index contributed by atoms with van der Waals surface area (Å²) in [4.78, 5) is 31.7. The summed E-state index contributed by atoms with van der Waals surface area (Å²) in [6, 6.07) is 20.9. The number of ether oxygens (including phenoxy) is 2. The van der Waals surface area contributed by atoms with Crippen molar-refractivity contribution in [1.29, 1.82) is 0 Å². The first-order valence-corrected chi connectivity index (χ1v) is 12.6. The van der Waals surface area contributed by atoms with Gasteiger partial charge in [0.1, 0.15) is 6.10 Å². The van der Waals surface area contributed by atoms with E-state index in [4.69, 9.17) is 9.47 Å². The third-order valence-electron chi connectivity index (χ3n) is 6.86. The topological polar surface area (TPSA) is 101 Å². The van der Waals surface area contributed by atoms with Crippen LogP contribution in [-0.2, 0) is 14.3 Å². The minimum atomic E-state index is -0.775. The molecule has 0 saturated carbocycles. The molecule has 8 nitrogen and oxygen atoms in total. The lowest BCUT2D eigenvalue weighted by Gasteiger charge is -2.44. The number of nitrogens with one attached hydrogen (secondary N) is 1. The Morgan fingerprint density at radius 3 is 2.43 bits per heavy atom. The number of hydrogen-bond donors (Lipinski definition) is 2. The number of fused-ring (bicyclic) bond motifs is 1. The van der Waals surface area contributed by atoms with Gasteiger partial charge in [-0.05, 0) is 48.2 Å². The number of benzene rings is 2. The quantitative estimate of drug-likeness (QED) is 0.555. The van der Waals surface area contributed by atoms with Crippen LogP contribution in [0.25, 0.3) is 11.1 Å². The van der Waals surface area contributed by atoms with Crippen LogP contribution in [0.4, 0.5) is 5.69 Å². The van der Waals surface area contributed by atoms with Crippen molar-refractivity contribution in [1.82, 2.24) is 9.88 Å². The highest BCUT2D eigenvalue weighted by atomic mass is 16.5. The largest absolute Gasteiger partial charge is 0.389 e. The minimum absolute atomic E-state index is 0.122. The van der Waals surface area contributed by atoms with Crippen LogP contribution >= 0.6 is 0 Å². The van der Waals surface area contributed by atoms with Crippen LogP contribution in [0.3, 0.4) is 0 Å². The smallest absolute Gasteiger partial charge is 0.254 e. The Bertz CT molecular complexity index is 1190. The molecule has 3 aromatic rings. The van der Waals surface area contributed by atoms with Gasteiger partial charge in [0.2, 0.25) is 5.91 Å². The Balaban J connectivity index is 1.20. The molecule has 2 N–H and O–H groups in total. The SMILES string of the molecule is O=C(C[C@H]1CC[C@@H]2[C@H](COC[C@@H](O)CN2C(=O)c2ccncc2)O1)Nc1ccc(-c2ccccc2)cc1. The normalized spacial score (nSPS) is 23.9. The maximum absolute atomic E-state index is 13.3. The number of hydrogen-bond acceptors (Lipinski definition) is 6. The second-order valence-electron chi connectivity index (χ2n) is 9.52. The zero-order chi connectivity index (χ0) is 25.6. The number of pyridine rings is 1. The lowest BCUT2D eigenvalue weighted by atomic mass is 9.94. The van der Waals surface area contributed by atoms with Crippen molar-refractivity contribution < 1.29 is 24.2 Å². The molecular formula is C29H31N3O5. The third-order valence-corrected chi connectivity index (χ3v) is 6.86. The summed E-state index contributed by atoms with van der Waals surface area (Å²) in [5.41, 5.74) is 3.45. The number of carbonyl (C=O) groups excluding carboxylic acids is 2. The molecule has 8 heteroatoms. The standard InChI is InChI=1S/C29H31N3O5/c33-24-17-32(29(35)22-12-14-30-15-13-22)26-11-10-25(37-27(26)19-36-18-24)16-28(34)31-23-8-6-21(7-9-23)20-4-2-1-3-5-20/h1-9,12-15,24-27,33H,10-11,16-19H2,(H,31,34)/t24-,25+,26+,27-/m0/s1. The average Bonchev–Trinajstić information content (AvgIpc) is 2.92. The fourth-order valence-corrected chi connectivity index (χ4v) is 5.03. The van der Waals surface area contributed by atoms with Crippen LogP contribution in [0.1, 0.15) is 29.6 Å². The van der Waals surface area contributed by atoms with Crippen molar-refractivity contribution >= 4 is 17.5 Å². The summed E-state index contributed by atoms with van der Waals surface area (Å²) in [5, 5.41) is 13.3. The minimum Gasteiger partial charge on any atom is -0.389 e. The van der Waals surface area contributed by atoms with E-state index in [0.29, 0.717) is 18.4 Å². The zero-order valence-corrected chi connectivity index (χ0v) is 20.5. The van der Waals surface area contributed by atoms with Crippen molar-refractivity contribution in [2.75, 3.05) is 25.1 Å². The average molecular weight is 502 g/mol. The molecule has 2 fully saturated rings. The summed E-state index contributed by atoms with van der Waals surface area (Å²) in [5.74, 6) is -0.292. The van der Waals surface area contributed by atoms with E-state index >= 15 is 0 Å². The predicted molar refractivity (Wildman–Crippen MR) is 139 cm³/mol. The van der Waals surface area contributed by atoms with E-state index in [9.17, 15) is 14.7 Å². The highest BCUT2D eigenvalue weighted by Gasteiger charge is 2.40. The Hall–Kier alpha value is -3.59. The number of aliphatic hydroxyl groups excluding tert-OH is 1. The summed E-state index contributed by atoms with van der Waals surface area (Å²) in [6.07, 6.45) is 3.21. The lowest BCUT2D eigenvalue weighted by molar-refractivity contribution is -0.149. The number of rotatable bonds is 5. The fraction of sp³-hybridized carbons (Fsp3) is 0.345. The van der Waals surface area contributed by atoms with Gasteiger partial charge in [-0.2, -0.15) is 0 Å². The summed E-state index contributed by atoms with van der Waals surface area (Å²) < 4.78 is 12.0. The molecule has 5 rings (SSSR count). The summed E-state index contributed by atoms with van der Waals surface area (Å²) in [7, 11) is 0. The molecule has 2 amide bonds. The van der Waals surface area contributed by atoms with E-state index in [-0.39, 0.29) is 56.2 Å². The van der Waals surface area contributed by atoms with Crippen LogP contribution in [0, 0.1) is 0 Å². The highest BCUT2D eigenvalue weighted by molar-refractivity contribution is 5.94. The van der Waals surface area contributed by atoms with Gasteiger partial charge >= 0.3 is 0 Å². The number of aliphatic hydroxyl groups is 1. The Morgan fingerprint density at radius 1 is 0.946 bits per heavy atom. The summed E-state index contributed by atoms with van der Waals surface area (Å²) in [6.45, 7) is 0.535. The van der Waals surface area contributed by atoms with E-state index in [2.05, 4.69) is 10.3 Å². The maximum Gasteiger partial charge on any atom is 0.254 e. The molecule has 0 unspecified atom stereocenters. The number of anilines is 1. The lowest BCUT2D eigenvalue weighted by Crippen LogP contribution is -2.57. The maximum atomic E-state index is 13.3. The molecule has 0 aliphatic carbocycles. The van der Waals surface area contributed by atoms with Crippen molar-refractivity contribution in [2.24, 2.45) is 0 Å². The molecule has 2 aliphatic heterocycles. The van der Waals surface area contributed by atoms with Crippen LogP contribution in [0.15, 0.2) is 79.1 Å². The molecule has 4 atom stereocenters. The molecule has 2 aromatic carbocycles. The predicted octanol–water partition coefficient (Wildman–Crippen LogP) is 3.53. The second kappa shape index (κ2) is 11.6. The highest BCUT2D eigenvalue weighted by Crippen LogP contribution is 2.29. The van der Waals surface area contributed by atoms with Crippen molar-refractivity contribution in [3.8, 4) is 11.1 Å². The van der Waals surface area contributed by atoms with Gasteiger partial charge in [0.25, 0.3) is 5.91 Å². The van der Waals surface area contributed by atoms with E-state index in [1.807, 2.05) is 54.6 Å². The monoisotopic (exact) mass is 501 g/mol. The van der Waals surface area contributed by atoms with Gasteiger partial charge in [0, 0.05) is 30.2 Å². The molecular weight excluding hydrogens is 470 g/mol. The Labute approximate surface area is 216 Å². The fourth-order valence-electron chi connectivity index (χ4n) is 5.03. The number of amides is 2. The Kier molecular flexibility index (Phi) is 7.89. The molecule has 2 aliphatic rings. The number of β-amino-alcohol motifs (C(OH)–C–C–N with tert-alkyl or cyclic N) is 1. The van der Waals surface area contributed by atoms with E-state index in [1.54, 1.807) is 29.4 Å². The Morgan fingerprint density at radius 2 is 1.68 bits per heavy atom. The van der Waals surface area contributed by atoms with E-state index < -0.39 is 6.10 Å². The zero-order valence-electron chi connectivity index (χ0n) is 20.5. The molecule has 0 bridgehead atoms. The van der Waals surface area contributed by atoms with Gasteiger partial charge in [-0.3, -0.25) is 14.6 Å². The first-order valence-electron chi connectivity index (χ1n) is 12.6. The molecule has 0 spiro atoms. The molecule has 1 aromatic heterocycles. The number of carbonyl (C=O) groups is 2. The number of aromatic nitrogens is 1. The number of nitrogens with zero attached hydrogens (tertiary/aromatic N) is 2. The first kappa shape index (κ1) is 25.1.